The van der Waals surface area contributed by atoms with Crippen molar-refractivity contribution >= 4 is 23.2 Å². The van der Waals surface area contributed by atoms with E-state index >= 15 is 0 Å². The highest BCUT2D eigenvalue weighted by Crippen LogP contribution is 2.51. The Morgan fingerprint density at radius 3 is 2.38 bits per heavy atom. The summed E-state index contributed by atoms with van der Waals surface area (Å²) >= 11 is 11.6. The fourth-order valence-electron chi connectivity index (χ4n) is 1.91. The van der Waals surface area contributed by atoms with Crippen LogP contribution < -0.4 is 0 Å². The van der Waals surface area contributed by atoms with Gasteiger partial charge in [0.15, 0.2) is 0 Å². The molecule has 72 valence electrons. The molecule has 0 spiro atoms. The molecule has 13 heavy (non-hydrogen) atoms. The number of rotatable bonds is 0. The Balaban J connectivity index is 2.49. The molecule has 2 bridgehead atoms. The second kappa shape index (κ2) is 2.68. The minimum absolute atomic E-state index is 0.0867. The van der Waals surface area contributed by atoms with Crippen molar-refractivity contribution in [2.75, 3.05) is 0 Å². The van der Waals surface area contributed by atoms with Crippen LogP contribution in [-0.2, 0) is 4.74 Å². The number of allylic oxidation sites excluding steroid dienone is 1. The molecule has 1 fully saturated rings. The molecule has 0 amide bonds. The normalized spacial score (nSPS) is 42.0. The third-order valence-electron chi connectivity index (χ3n) is 2.97. The first-order valence-electron chi connectivity index (χ1n) is 4.40. The summed E-state index contributed by atoms with van der Waals surface area (Å²) in [5.41, 5.74) is -0.279. The van der Waals surface area contributed by atoms with Gasteiger partial charge in [-0.15, -0.1) is 0 Å². The zero-order valence-corrected chi connectivity index (χ0v) is 9.24. The quantitative estimate of drug-likeness (QED) is 0.563. The van der Waals surface area contributed by atoms with E-state index < -0.39 is 0 Å². The third kappa shape index (κ3) is 1.38. The second-order valence-electron chi connectivity index (χ2n) is 4.26. The largest absolute Gasteiger partial charge is 0.484 e. The van der Waals surface area contributed by atoms with E-state index in [1.54, 1.807) is 0 Å². The molecule has 0 aromatic rings. The van der Waals surface area contributed by atoms with Crippen molar-refractivity contribution in [3.63, 3.8) is 0 Å². The number of ether oxygens (including phenoxy) is 1. The Morgan fingerprint density at radius 2 is 2.00 bits per heavy atom. The number of hydrogen-bond donors (Lipinski definition) is 0. The van der Waals surface area contributed by atoms with E-state index in [-0.39, 0.29) is 15.5 Å². The van der Waals surface area contributed by atoms with Gasteiger partial charge in [0.05, 0.1) is 0 Å². The van der Waals surface area contributed by atoms with E-state index in [1.165, 1.54) is 0 Å². The molecule has 3 aliphatic rings. The summed E-state index contributed by atoms with van der Waals surface area (Å²) in [6.45, 7) is 4.15. The SMILES string of the molecule is CC12C=CC(C)(CC1)C(=C(Cl)Cl)O2. The van der Waals surface area contributed by atoms with E-state index in [4.69, 9.17) is 27.9 Å². The summed E-state index contributed by atoms with van der Waals surface area (Å²) < 4.78 is 6.03. The number of fused-ring (bicyclic) bond motifs is 2. The van der Waals surface area contributed by atoms with Gasteiger partial charge in [-0.1, -0.05) is 29.3 Å². The van der Waals surface area contributed by atoms with Crippen LogP contribution in [0, 0.1) is 5.41 Å². The first-order chi connectivity index (χ1) is 5.95. The smallest absolute Gasteiger partial charge is 0.145 e. The Hall–Kier alpha value is -0.140. The molecule has 2 heterocycles. The van der Waals surface area contributed by atoms with E-state index in [1.807, 2.05) is 0 Å². The average molecular weight is 219 g/mol. The van der Waals surface area contributed by atoms with Crippen LogP contribution in [0.25, 0.3) is 0 Å². The second-order valence-corrected chi connectivity index (χ2v) is 5.20. The van der Waals surface area contributed by atoms with Crippen molar-refractivity contribution < 1.29 is 4.74 Å². The van der Waals surface area contributed by atoms with Gasteiger partial charge in [0, 0.05) is 5.41 Å². The zero-order valence-electron chi connectivity index (χ0n) is 7.73. The summed E-state index contributed by atoms with van der Waals surface area (Å²) in [5, 5.41) is 0. The monoisotopic (exact) mass is 218 g/mol. The summed E-state index contributed by atoms with van der Waals surface area (Å²) in [6.07, 6.45) is 6.35. The summed E-state index contributed by atoms with van der Waals surface area (Å²) in [4.78, 5) is 0. The molecule has 0 N–H and O–H groups in total. The summed E-state index contributed by atoms with van der Waals surface area (Å²) in [6, 6.07) is 0. The van der Waals surface area contributed by atoms with Gasteiger partial charge in [0.2, 0.25) is 0 Å². The maximum absolute atomic E-state index is 5.79. The van der Waals surface area contributed by atoms with Crippen LogP contribution in [0.2, 0.25) is 0 Å². The molecule has 2 unspecified atom stereocenters. The standard InChI is InChI=1S/C10H12Cl2O/c1-9-3-5-10(2,6-4-9)13-7(9)8(11)12/h3,5H,4,6H2,1-2H3. The molecule has 0 saturated carbocycles. The molecule has 1 saturated heterocycles. The van der Waals surface area contributed by atoms with Crippen molar-refractivity contribution in [3.8, 4) is 0 Å². The van der Waals surface area contributed by atoms with Crippen molar-refractivity contribution in [3.05, 3.63) is 22.4 Å². The predicted molar refractivity (Wildman–Crippen MR) is 54.7 cm³/mol. The van der Waals surface area contributed by atoms with Crippen molar-refractivity contribution in [1.29, 1.82) is 0 Å². The Labute approximate surface area is 88.4 Å². The first-order valence-corrected chi connectivity index (χ1v) is 5.16. The van der Waals surface area contributed by atoms with E-state index in [0.29, 0.717) is 0 Å². The third-order valence-corrected chi connectivity index (χ3v) is 3.31. The molecule has 0 radical (unpaired) electrons. The lowest BCUT2D eigenvalue weighted by Gasteiger charge is -2.47. The molecule has 1 aliphatic carbocycles. The first kappa shape index (κ1) is 9.42. The molecule has 0 aromatic carbocycles. The molecule has 2 aliphatic heterocycles. The average Bonchev–Trinajstić information content (AvgIpc) is 2.07. The predicted octanol–water partition coefficient (Wildman–Crippen LogP) is 3.78. The van der Waals surface area contributed by atoms with Crippen molar-refractivity contribution in [2.24, 2.45) is 5.41 Å². The van der Waals surface area contributed by atoms with Crippen LogP contribution in [0.1, 0.15) is 26.7 Å². The van der Waals surface area contributed by atoms with Crippen LogP contribution in [0.3, 0.4) is 0 Å². The van der Waals surface area contributed by atoms with E-state index in [2.05, 4.69) is 26.0 Å². The fraction of sp³-hybridized carbons (Fsp3) is 0.600. The highest BCUT2D eigenvalue weighted by molar-refractivity contribution is 6.56. The molecule has 1 nitrogen and oxygen atoms in total. The topological polar surface area (TPSA) is 9.23 Å². The Morgan fingerprint density at radius 1 is 1.31 bits per heavy atom. The van der Waals surface area contributed by atoms with Gasteiger partial charge < -0.3 is 4.74 Å². The fourth-order valence-corrected chi connectivity index (χ4v) is 2.42. The van der Waals surface area contributed by atoms with Crippen molar-refractivity contribution in [1.82, 2.24) is 0 Å². The highest BCUT2D eigenvalue weighted by atomic mass is 35.5. The molecule has 2 atom stereocenters. The van der Waals surface area contributed by atoms with Gasteiger partial charge in [0.25, 0.3) is 0 Å². The Bertz CT molecular complexity index is 304. The van der Waals surface area contributed by atoms with Crippen LogP contribution >= 0.6 is 23.2 Å². The lowest BCUT2D eigenvalue weighted by atomic mass is 9.71. The van der Waals surface area contributed by atoms with Gasteiger partial charge >= 0.3 is 0 Å². The molecular formula is C10H12Cl2O. The highest BCUT2D eigenvalue weighted by Gasteiger charge is 2.45. The zero-order chi connectivity index (χ0) is 9.69. The Kier molecular flexibility index (Phi) is 1.94. The lowest BCUT2D eigenvalue weighted by molar-refractivity contribution is -0.0323. The molecule has 3 rings (SSSR count). The molecule has 3 heteroatoms. The summed E-state index contributed by atoms with van der Waals surface area (Å²) in [5.74, 6) is 0.729. The number of halogens is 2. The van der Waals surface area contributed by atoms with Gasteiger partial charge in [0.1, 0.15) is 15.9 Å². The van der Waals surface area contributed by atoms with E-state index in [0.717, 1.165) is 18.6 Å². The van der Waals surface area contributed by atoms with Crippen LogP contribution in [0.15, 0.2) is 22.4 Å². The van der Waals surface area contributed by atoms with Crippen LogP contribution in [0.5, 0.6) is 0 Å². The lowest BCUT2D eigenvalue weighted by Crippen LogP contribution is -2.42. The van der Waals surface area contributed by atoms with Crippen LogP contribution in [0.4, 0.5) is 0 Å². The van der Waals surface area contributed by atoms with Gasteiger partial charge in [-0.25, -0.2) is 0 Å². The number of hydrogen-bond acceptors (Lipinski definition) is 1. The van der Waals surface area contributed by atoms with Gasteiger partial charge in [-0.3, -0.25) is 0 Å². The molecule has 0 aromatic heterocycles. The van der Waals surface area contributed by atoms with Gasteiger partial charge in [-0.2, -0.15) is 0 Å². The molecular weight excluding hydrogens is 207 g/mol. The van der Waals surface area contributed by atoms with Gasteiger partial charge in [-0.05, 0) is 32.8 Å². The maximum Gasteiger partial charge on any atom is 0.145 e. The van der Waals surface area contributed by atoms with Crippen LogP contribution in [-0.4, -0.2) is 5.60 Å². The maximum atomic E-state index is 5.79. The van der Waals surface area contributed by atoms with E-state index in [9.17, 15) is 0 Å². The minimum Gasteiger partial charge on any atom is -0.484 e. The summed E-state index contributed by atoms with van der Waals surface area (Å²) in [7, 11) is 0. The minimum atomic E-state index is -0.192. The van der Waals surface area contributed by atoms with Crippen molar-refractivity contribution in [2.45, 2.75) is 32.3 Å².